The van der Waals surface area contributed by atoms with E-state index in [1.54, 1.807) is 9.91 Å². The number of piperazine rings is 1. The summed E-state index contributed by atoms with van der Waals surface area (Å²) in [4.78, 5) is 35.8. The van der Waals surface area contributed by atoms with Crippen LogP contribution in [-0.2, 0) is 9.59 Å². The molecule has 0 radical (unpaired) electrons. The maximum absolute atomic E-state index is 13.1. The number of aryl methyl sites for hydroxylation is 2. The molecule has 2 fully saturated rings. The van der Waals surface area contributed by atoms with Crippen molar-refractivity contribution in [3.05, 3.63) is 47.1 Å². The van der Waals surface area contributed by atoms with Gasteiger partial charge in [0.2, 0.25) is 5.91 Å². The van der Waals surface area contributed by atoms with Gasteiger partial charge >= 0.3 is 0 Å². The molecule has 0 spiro atoms. The van der Waals surface area contributed by atoms with Crippen LogP contribution in [0.3, 0.4) is 0 Å². The number of likely N-dealkylation sites (tertiary alicyclic amines) is 1. The first kappa shape index (κ1) is 20.3. The quantitative estimate of drug-likeness (QED) is 0.815. The Morgan fingerprint density at radius 3 is 2.50 bits per heavy atom. The predicted molar refractivity (Wildman–Crippen MR) is 115 cm³/mol. The number of aromatic nitrogens is 1. The van der Waals surface area contributed by atoms with Crippen molar-refractivity contribution < 1.29 is 9.59 Å². The molecule has 8 nitrogen and oxygen atoms in total. The molecule has 8 heteroatoms. The number of amides is 2. The lowest BCUT2D eigenvalue weighted by Gasteiger charge is -2.39. The summed E-state index contributed by atoms with van der Waals surface area (Å²) in [6, 6.07) is 2.31. The number of likely N-dealkylation sites (N-methyl/N-ethyl adjacent to an activating group) is 1. The van der Waals surface area contributed by atoms with E-state index in [2.05, 4.69) is 28.3 Å². The molecular weight excluding hydrogens is 380 g/mol. The molecule has 1 N–H and O–H groups in total. The van der Waals surface area contributed by atoms with E-state index in [1.807, 2.05) is 44.1 Å². The van der Waals surface area contributed by atoms with Crippen molar-refractivity contribution in [2.24, 2.45) is 0 Å². The van der Waals surface area contributed by atoms with Crippen molar-refractivity contribution in [2.75, 3.05) is 38.1 Å². The second-order valence-electron chi connectivity index (χ2n) is 8.36. The van der Waals surface area contributed by atoms with Gasteiger partial charge in [-0.3, -0.25) is 24.9 Å². The summed E-state index contributed by atoms with van der Waals surface area (Å²) >= 11 is 0. The summed E-state index contributed by atoms with van der Waals surface area (Å²) in [6.45, 7) is 8.98. The summed E-state index contributed by atoms with van der Waals surface area (Å²) < 4.78 is 0. The van der Waals surface area contributed by atoms with Gasteiger partial charge in [-0.05, 0) is 50.5 Å². The van der Waals surface area contributed by atoms with Gasteiger partial charge < -0.3 is 9.80 Å². The number of carbonyl (C=O) groups is 2. The van der Waals surface area contributed by atoms with Gasteiger partial charge in [-0.1, -0.05) is 6.07 Å². The molecule has 4 rings (SSSR count). The molecule has 1 unspecified atom stereocenters. The number of hydrogen-bond donors (Lipinski definition) is 1. The van der Waals surface area contributed by atoms with Gasteiger partial charge in [-0.2, -0.15) is 0 Å². The SMILES string of the molecule is Cc1cnc(N2CCN(C(=O)C3=CC=C(N4C(=O)CCC4C)NN3C)CC2)c(C)c1. The van der Waals surface area contributed by atoms with E-state index in [9.17, 15) is 9.59 Å². The van der Waals surface area contributed by atoms with E-state index in [4.69, 9.17) is 0 Å². The lowest BCUT2D eigenvalue weighted by molar-refractivity contribution is -0.129. The molecule has 0 aliphatic carbocycles. The van der Waals surface area contributed by atoms with Crippen LogP contribution in [0.25, 0.3) is 0 Å². The van der Waals surface area contributed by atoms with E-state index in [0.29, 0.717) is 25.2 Å². The third-order valence-corrected chi connectivity index (χ3v) is 6.06. The zero-order valence-corrected chi connectivity index (χ0v) is 18.2. The Morgan fingerprint density at radius 1 is 1.17 bits per heavy atom. The van der Waals surface area contributed by atoms with Crippen LogP contribution in [0.1, 0.15) is 30.9 Å². The Balaban J connectivity index is 1.42. The zero-order valence-electron chi connectivity index (χ0n) is 18.2. The Kier molecular flexibility index (Phi) is 5.40. The molecule has 2 saturated heterocycles. The summed E-state index contributed by atoms with van der Waals surface area (Å²) in [6.07, 6.45) is 6.96. The lowest BCUT2D eigenvalue weighted by atomic mass is 10.2. The molecule has 1 atom stereocenters. The summed E-state index contributed by atoms with van der Waals surface area (Å²) in [5.41, 5.74) is 6.10. The number of anilines is 1. The Labute approximate surface area is 177 Å². The van der Waals surface area contributed by atoms with Crippen LogP contribution in [0.4, 0.5) is 5.82 Å². The highest BCUT2D eigenvalue weighted by Gasteiger charge is 2.33. The molecule has 0 saturated carbocycles. The first-order valence-corrected chi connectivity index (χ1v) is 10.6. The smallest absolute Gasteiger partial charge is 0.272 e. The van der Waals surface area contributed by atoms with E-state index < -0.39 is 0 Å². The largest absolute Gasteiger partial charge is 0.353 e. The van der Waals surface area contributed by atoms with Crippen LogP contribution in [0.2, 0.25) is 0 Å². The number of hydrogen-bond acceptors (Lipinski definition) is 6. The molecule has 4 heterocycles. The Bertz CT molecular complexity index is 916. The average molecular weight is 411 g/mol. The molecule has 1 aromatic rings. The molecule has 30 heavy (non-hydrogen) atoms. The van der Waals surface area contributed by atoms with Gasteiger partial charge in [0.25, 0.3) is 5.91 Å². The maximum atomic E-state index is 13.1. The maximum Gasteiger partial charge on any atom is 0.272 e. The molecule has 0 bridgehead atoms. The standard InChI is InChI=1S/C22H30N6O2/c1-15-13-16(2)21(23-14-15)26-9-11-27(12-10-26)22(30)18-6-7-19(24-25(18)4)28-17(3)5-8-20(28)29/h6-7,13-14,17,24H,5,8-12H2,1-4H3. The average Bonchev–Trinajstić information content (AvgIpc) is 3.06. The first-order valence-electron chi connectivity index (χ1n) is 10.6. The molecule has 2 amide bonds. The number of rotatable bonds is 3. The van der Waals surface area contributed by atoms with Crippen molar-refractivity contribution in [3.8, 4) is 0 Å². The highest BCUT2D eigenvalue weighted by Crippen LogP contribution is 2.25. The molecule has 3 aliphatic heterocycles. The number of nitrogens with one attached hydrogen (secondary N) is 1. The minimum absolute atomic E-state index is 0.00525. The van der Waals surface area contributed by atoms with Crippen molar-refractivity contribution in [1.82, 2.24) is 25.2 Å². The number of allylic oxidation sites excluding steroid dienone is 2. The minimum Gasteiger partial charge on any atom is -0.353 e. The molecule has 0 aromatic carbocycles. The third kappa shape index (κ3) is 3.74. The monoisotopic (exact) mass is 410 g/mol. The van der Waals surface area contributed by atoms with E-state index in [1.165, 1.54) is 0 Å². The van der Waals surface area contributed by atoms with Gasteiger partial charge in [-0.15, -0.1) is 0 Å². The van der Waals surface area contributed by atoms with Gasteiger partial charge in [0.1, 0.15) is 17.3 Å². The molecular formula is C22H30N6O2. The molecule has 1 aromatic heterocycles. The predicted octanol–water partition coefficient (Wildman–Crippen LogP) is 1.53. The van der Waals surface area contributed by atoms with Crippen molar-refractivity contribution in [1.29, 1.82) is 0 Å². The van der Waals surface area contributed by atoms with Gasteiger partial charge in [0.15, 0.2) is 0 Å². The van der Waals surface area contributed by atoms with Crippen LogP contribution in [0, 0.1) is 13.8 Å². The zero-order chi connectivity index (χ0) is 21.4. The molecule has 160 valence electrons. The second-order valence-corrected chi connectivity index (χ2v) is 8.36. The third-order valence-electron chi connectivity index (χ3n) is 6.06. The van der Waals surface area contributed by atoms with Gasteiger partial charge in [0.05, 0.1) is 0 Å². The van der Waals surface area contributed by atoms with Crippen LogP contribution < -0.4 is 10.3 Å². The summed E-state index contributed by atoms with van der Waals surface area (Å²) in [5.74, 6) is 1.85. The first-order chi connectivity index (χ1) is 14.3. The highest BCUT2D eigenvalue weighted by molar-refractivity contribution is 5.93. The number of carbonyl (C=O) groups excluding carboxylic acids is 2. The lowest BCUT2D eigenvalue weighted by Crippen LogP contribution is -2.53. The van der Waals surface area contributed by atoms with Crippen molar-refractivity contribution in [3.63, 3.8) is 0 Å². The van der Waals surface area contributed by atoms with E-state index in [0.717, 1.165) is 42.3 Å². The fourth-order valence-corrected chi connectivity index (χ4v) is 4.41. The minimum atomic E-state index is -0.00525. The number of hydrazine groups is 1. The van der Waals surface area contributed by atoms with Crippen LogP contribution in [0.5, 0.6) is 0 Å². The topological polar surface area (TPSA) is 72.0 Å². The van der Waals surface area contributed by atoms with Gasteiger partial charge in [-0.25, -0.2) is 4.98 Å². The van der Waals surface area contributed by atoms with Crippen LogP contribution in [0.15, 0.2) is 35.9 Å². The second kappa shape index (κ2) is 8.01. The fourth-order valence-electron chi connectivity index (χ4n) is 4.41. The van der Waals surface area contributed by atoms with E-state index >= 15 is 0 Å². The number of nitrogens with zero attached hydrogens (tertiary/aromatic N) is 5. The Hall–Kier alpha value is -3.03. The van der Waals surface area contributed by atoms with Crippen molar-refractivity contribution in [2.45, 2.75) is 39.7 Å². The van der Waals surface area contributed by atoms with E-state index in [-0.39, 0.29) is 17.9 Å². The Morgan fingerprint density at radius 2 is 1.90 bits per heavy atom. The summed E-state index contributed by atoms with van der Waals surface area (Å²) in [5, 5.41) is 1.72. The molecule has 3 aliphatic rings. The van der Waals surface area contributed by atoms with Crippen molar-refractivity contribution >= 4 is 17.6 Å². The van der Waals surface area contributed by atoms with Crippen LogP contribution in [-0.4, -0.2) is 70.9 Å². The number of pyridine rings is 1. The normalized spacial score (nSPS) is 22.1. The highest BCUT2D eigenvalue weighted by atomic mass is 16.2. The van der Waals surface area contributed by atoms with Gasteiger partial charge in [0, 0.05) is 51.9 Å². The van der Waals surface area contributed by atoms with Crippen LogP contribution >= 0.6 is 0 Å². The summed E-state index contributed by atoms with van der Waals surface area (Å²) in [7, 11) is 1.82. The fraction of sp³-hybridized carbons (Fsp3) is 0.500.